The van der Waals surface area contributed by atoms with Gasteiger partial charge >= 0.3 is 0 Å². The van der Waals surface area contributed by atoms with Gasteiger partial charge in [-0.1, -0.05) is 86.6 Å². The average molecular weight is 582 g/mol. The van der Waals surface area contributed by atoms with Gasteiger partial charge in [0, 0.05) is 25.6 Å². The quantitative estimate of drug-likeness (QED) is 0.158. The van der Waals surface area contributed by atoms with Crippen LogP contribution in [0.2, 0.25) is 0 Å². The van der Waals surface area contributed by atoms with Crippen molar-refractivity contribution in [2.24, 2.45) is 11.8 Å². The lowest BCUT2D eigenvalue weighted by atomic mass is 9.91. The molecule has 9 heteroatoms. The molecule has 0 aliphatic carbocycles. The molecule has 3 aromatic carbocycles. The van der Waals surface area contributed by atoms with Crippen LogP contribution in [0.4, 0.5) is 0 Å². The Bertz CT molecular complexity index is 1500. The van der Waals surface area contributed by atoms with Crippen LogP contribution < -0.4 is 16.0 Å². The molecule has 3 atom stereocenters. The average Bonchev–Trinajstić information content (AvgIpc) is 3.52. The van der Waals surface area contributed by atoms with Crippen molar-refractivity contribution in [1.82, 2.24) is 25.9 Å². The number of hydrogen-bond acceptors (Lipinski definition) is 5. The van der Waals surface area contributed by atoms with Gasteiger partial charge < -0.3 is 25.7 Å². The highest BCUT2D eigenvalue weighted by Gasteiger charge is 2.29. The number of rotatable bonds is 15. The predicted octanol–water partition coefficient (Wildman–Crippen LogP) is 3.89. The SMILES string of the molecule is CC(C)C[C@@H](C=O)NC(=O)[C@H](Cc1c[nH]cn1)NC(=O)C(CC(=O)NCc1ccccc1)Cc1cccc2ccccc12. The Hall–Kier alpha value is -4.79. The van der Waals surface area contributed by atoms with Gasteiger partial charge in [-0.05, 0) is 40.7 Å². The molecular formula is C34H39N5O4. The third kappa shape index (κ3) is 9.36. The number of fused-ring (bicyclic) bond motifs is 1. The van der Waals surface area contributed by atoms with Crippen LogP contribution in [0.1, 0.15) is 43.5 Å². The molecule has 4 rings (SSSR count). The topological polar surface area (TPSA) is 133 Å². The smallest absolute Gasteiger partial charge is 0.243 e. The van der Waals surface area contributed by atoms with E-state index in [4.69, 9.17) is 0 Å². The zero-order valence-electron chi connectivity index (χ0n) is 24.6. The molecule has 0 aliphatic rings. The number of aldehydes is 1. The summed E-state index contributed by atoms with van der Waals surface area (Å²) in [6.07, 6.45) is 4.70. The van der Waals surface area contributed by atoms with Crippen molar-refractivity contribution in [3.05, 3.63) is 102 Å². The number of H-pyrrole nitrogens is 1. The summed E-state index contributed by atoms with van der Waals surface area (Å²) in [5, 5.41) is 10.6. The number of nitrogens with one attached hydrogen (secondary N) is 4. The third-order valence-electron chi connectivity index (χ3n) is 7.30. The molecule has 0 spiro atoms. The maximum absolute atomic E-state index is 13.9. The highest BCUT2D eigenvalue weighted by atomic mass is 16.2. The van der Waals surface area contributed by atoms with Crippen molar-refractivity contribution in [3.8, 4) is 0 Å². The van der Waals surface area contributed by atoms with Gasteiger partial charge in [0.15, 0.2) is 0 Å². The van der Waals surface area contributed by atoms with Crippen molar-refractivity contribution in [3.63, 3.8) is 0 Å². The number of imidazole rings is 1. The van der Waals surface area contributed by atoms with Crippen LogP contribution in [0.25, 0.3) is 10.8 Å². The van der Waals surface area contributed by atoms with Gasteiger partial charge in [0.1, 0.15) is 12.3 Å². The fourth-order valence-corrected chi connectivity index (χ4v) is 5.14. The summed E-state index contributed by atoms with van der Waals surface area (Å²) in [4.78, 5) is 59.2. The molecule has 3 amide bonds. The van der Waals surface area contributed by atoms with Gasteiger partial charge in [0.05, 0.1) is 24.0 Å². The molecule has 0 saturated heterocycles. The predicted molar refractivity (Wildman–Crippen MR) is 166 cm³/mol. The Balaban J connectivity index is 1.56. The largest absolute Gasteiger partial charge is 0.352 e. The Labute approximate surface area is 251 Å². The van der Waals surface area contributed by atoms with Crippen molar-refractivity contribution >= 4 is 34.8 Å². The van der Waals surface area contributed by atoms with E-state index >= 15 is 0 Å². The second-order valence-corrected chi connectivity index (χ2v) is 11.2. The van der Waals surface area contributed by atoms with E-state index in [0.717, 1.165) is 21.9 Å². The van der Waals surface area contributed by atoms with E-state index in [-0.39, 0.29) is 24.7 Å². The molecule has 0 saturated carbocycles. The number of carbonyl (C=O) groups is 4. The Morgan fingerprint density at radius 3 is 2.35 bits per heavy atom. The standard InChI is InChI=1S/C34H39N5O4/c1-23(2)15-29(21-40)38-34(43)31(18-28-20-35-22-37-28)39-33(42)27(17-32(41)36-19-24-9-4-3-5-10-24)16-26-13-8-12-25-11-6-7-14-30(25)26/h3-14,20-23,27,29,31H,15-19H2,1-2H3,(H,35,37)(H,36,41)(H,38,43)(H,39,42)/t27?,29-,31-/m0/s1. The lowest BCUT2D eigenvalue weighted by molar-refractivity contribution is -0.134. The van der Waals surface area contributed by atoms with Crippen LogP contribution in [0.5, 0.6) is 0 Å². The fourth-order valence-electron chi connectivity index (χ4n) is 5.14. The summed E-state index contributed by atoms with van der Waals surface area (Å²) in [7, 11) is 0. The van der Waals surface area contributed by atoms with Crippen molar-refractivity contribution in [1.29, 1.82) is 0 Å². The van der Waals surface area contributed by atoms with Gasteiger partial charge in [-0.15, -0.1) is 0 Å². The molecule has 4 N–H and O–H groups in total. The lowest BCUT2D eigenvalue weighted by Crippen LogP contribution is -2.53. The molecule has 1 aromatic heterocycles. The second-order valence-electron chi connectivity index (χ2n) is 11.2. The van der Waals surface area contributed by atoms with E-state index in [2.05, 4.69) is 25.9 Å². The summed E-state index contributed by atoms with van der Waals surface area (Å²) in [5.41, 5.74) is 2.46. The maximum atomic E-state index is 13.9. The van der Waals surface area contributed by atoms with Gasteiger partial charge in [0.25, 0.3) is 0 Å². The lowest BCUT2D eigenvalue weighted by Gasteiger charge is -2.24. The Morgan fingerprint density at radius 2 is 1.63 bits per heavy atom. The molecule has 224 valence electrons. The first-order valence-electron chi connectivity index (χ1n) is 14.6. The molecule has 9 nitrogen and oxygen atoms in total. The highest BCUT2D eigenvalue weighted by Crippen LogP contribution is 2.23. The highest BCUT2D eigenvalue weighted by molar-refractivity contribution is 5.92. The number of aromatic amines is 1. The van der Waals surface area contributed by atoms with E-state index in [1.54, 1.807) is 6.20 Å². The summed E-state index contributed by atoms with van der Waals surface area (Å²) in [6.45, 7) is 4.27. The first kappa shape index (κ1) is 31.2. The zero-order valence-corrected chi connectivity index (χ0v) is 24.6. The Morgan fingerprint density at radius 1 is 0.884 bits per heavy atom. The molecule has 1 unspecified atom stereocenters. The van der Waals surface area contributed by atoms with E-state index in [1.807, 2.05) is 86.6 Å². The number of carbonyl (C=O) groups excluding carboxylic acids is 4. The molecule has 1 heterocycles. The van der Waals surface area contributed by atoms with Gasteiger partial charge in [0.2, 0.25) is 17.7 Å². The minimum Gasteiger partial charge on any atom is -0.352 e. The van der Waals surface area contributed by atoms with Crippen LogP contribution in [-0.4, -0.2) is 46.1 Å². The van der Waals surface area contributed by atoms with Crippen LogP contribution in [0.15, 0.2) is 85.3 Å². The van der Waals surface area contributed by atoms with E-state index < -0.39 is 29.8 Å². The Kier molecular flexibility index (Phi) is 11.2. The van der Waals surface area contributed by atoms with Crippen molar-refractivity contribution in [2.45, 2.75) is 58.2 Å². The van der Waals surface area contributed by atoms with Crippen LogP contribution in [0.3, 0.4) is 0 Å². The molecular weight excluding hydrogens is 542 g/mol. The monoisotopic (exact) mass is 581 g/mol. The number of benzene rings is 3. The molecule has 0 fully saturated rings. The van der Waals surface area contributed by atoms with Crippen LogP contribution in [0, 0.1) is 11.8 Å². The normalized spacial score (nSPS) is 13.2. The van der Waals surface area contributed by atoms with E-state index in [1.165, 1.54) is 6.33 Å². The minimum atomic E-state index is -0.993. The minimum absolute atomic E-state index is 0.0665. The number of nitrogens with zero attached hydrogens (tertiary/aromatic N) is 1. The maximum Gasteiger partial charge on any atom is 0.243 e. The van der Waals surface area contributed by atoms with E-state index in [9.17, 15) is 19.2 Å². The molecule has 4 aromatic rings. The summed E-state index contributed by atoms with van der Waals surface area (Å²) in [6, 6.07) is 21.7. The van der Waals surface area contributed by atoms with Crippen molar-refractivity contribution < 1.29 is 19.2 Å². The van der Waals surface area contributed by atoms with Gasteiger partial charge in [-0.2, -0.15) is 0 Å². The number of amides is 3. The zero-order chi connectivity index (χ0) is 30.6. The summed E-state index contributed by atoms with van der Waals surface area (Å²) in [5.74, 6) is -1.74. The second kappa shape index (κ2) is 15.4. The molecule has 43 heavy (non-hydrogen) atoms. The molecule has 0 radical (unpaired) electrons. The molecule has 0 bridgehead atoms. The van der Waals surface area contributed by atoms with Crippen LogP contribution in [-0.2, 0) is 38.6 Å². The van der Waals surface area contributed by atoms with Crippen LogP contribution >= 0.6 is 0 Å². The van der Waals surface area contributed by atoms with Crippen molar-refractivity contribution in [2.75, 3.05) is 0 Å². The number of hydrogen-bond donors (Lipinski definition) is 4. The summed E-state index contributed by atoms with van der Waals surface area (Å²) >= 11 is 0. The van der Waals surface area contributed by atoms with E-state index in [0.29, 0.717) is 31.4 Å². The van der Waals surface area contributed by atoms with Gasteiger partial charge in [-0.25, -0.2) is 4.98 Å². The summed E-state index contributed by atoms with van der Waals surface area (Å²) < 4.78 is 0. The van der Waals surface area contributed by atoms with Gasteiger partial charge in [-0.3, -0.25) is 14.4 Å². The first-order valence-corrected chi connectivity index (χ1v) is 14.6. The first-order chi connectivity index (χ1) is 20.8. The third-order valence-corrected chi connectivity index (χ3v) is 7.30. The fraction of sp³-hybridized carbons (Fsp3) is 0.324. The molecule has 0 aliphatic heterocycles. The number of aromatic nitrogens is 2.